The van der Waals surface area contributed by atoms with Crippen molar-refractivity contribution in [3.05, 3.63) is 30.1 Å². The molecule has 0 aromatic heterocycles. The van der Waals surface area contributed by atoms with Gasteiger partial charge in [-0.3, -0.25) is 4.90 Å². The summed E-state index contributed by atoms with van der Waals surface area (Å²) >= 11 is 0. The summed E-state index contributed by atoms with van der Waals surface area (Å²) in [5.41, 5.74) is 0.0387. The van der Waals surface area contributed by atoms with Crippen molar-refractivity contribution in [3.63, 3.8) is 0 Å². The average Bonchev–Trinajstić information content (AvgIpc) is 2.37. The summed E-state index contributed by atoms with van der Waals surface area (Å²) in [5.74, 6) is -0.336. The molecule has 4 nitrogen and oxygen atoms in total. The molecule has 120 valence electrons. The Kier molecular flexibility index (Phi) is 8.29. The van der Waals surface area contributed by atoms with Gasteiger partial charge in [0.05, 0.1) is 0 Å². The molecule has 21 heavy (non-hydrogen) atoms. The van der Waals surface area contributed by atoms with Gasteiger partial charge in [-0.1, -0.05) is 0 Å². The highest BCUT2D eigenvalue weighted by molar-refractivity contribution is 5.85. The Labute approximate surface area is 131 Å². The van der Waals surface area contributed by atoms with Gasteiger partial charge in [-0.2, -0.15) is 0 Å². The van der Waals surface area contributed by atoms with Crippen molar-refractivity contribution in [2.24, 2.45) is 0 Å². The van der Waals surface area contributed by atoms with Gasteiger partial charge in [-0.05, 0) is 52.1 Å². The molecule has 1 aromatic carbocycles. The highest BCUT2D eigenvalue weighted by atomic mass is 35.5. The highest BCUT2D eigenvalue weighted by Crippen LogP contribution is 2.11. The first-order valence-corrected chi connectivity index (χ1v) is 6.54. The molecule has 0 atom stereocenters. The van der Waals surface area contributed by atoms with Gasteiger partial charge in [0, 0.05) is 12.1 Å². The molecular formula is C15H23ClFNO3. The van der Waals surface area contributed by atoms with Crippen molar-refractivity contribution in [2.45, 2.75) is 26.3 Å². The second-order valence-corrected chi connectivity index (χ2v) is 5.56. The summed E-state index contributed by atoms with van der Waals surface area (Å²) in [7, 11) is 1.98. The van der Waals surface area contributed by atoms with E-state index in [0.717, 1.165) is 0 Å². The molecule has 1 rings (SSSR count). The van der Waals surface area contributed by atoms with Crippen molar-refractivity contribution in [1.82, 2.24) is 4.90 Å². The quantitative estimate of drug-likeness (QED) is 0.756. The predicted octanol–water partition coefficient (Wildman–Crippen LogP) is 2.90. The number of ether oxygens (including phenoxy) is 2. The van der Waals surface area contributed by atoms with Gasteiger partial charge in [0.1, 0.15) is 18.2 Å². The van der Waals surface area contributed by atoms with E-state index in [0.29, 0.717) is 18.9 Å². The van der Waals surface area contributed by atoms with Crippen LogP contribution in [0.3, 0.4) is 0 Å². The van der Waals surface area contributed by atoms with Crippen LogP contribution in [0.15, 0.2) is 24.3 Å². The molecule has 0 spiro atoms. The van der Waals surface area contributed by atoms with Crippen molar-refractivity contribution in [1.29, 1.82) is 0 Å². The van der Waals surface area contributed by atoms with Crippen LogP contribution in [0.1, 0.15) is 20.8 Å². The van der Waals surface area contributed by atoms with Gasteiger partial charge >= 0.3 is 5.97 Å². The third kappa shape index (κ3) is 7.87. The number of nitrogens with zero attached hydrogens (tertiary/aromatic N) is 1. The molecule has 0 aliphatic carbocycles. The Morgan fingerprint density at radius 3 is 2.33 bits per heavy atom. The fourth-order valence-corrected chi connectivity index (χ4v) is 1.35. The number of hydrogen-bond acceptors (Lipinski definition) is 4. The summed E-state index contributed by atoms with van der Waals surface area (Å²) in [6.07, 6.45) is 0. The number of halogens is 2. The van der Waals surface area contributed by atoms with Gasteiger partial charge in [-0.15, -0.1) is 12.4 Å². The van der Waals surface area contributed by atoms with E-state index in [9.17, 15) is 9.18 Å². The summed E-state index contributed by atoms with van der Waals surface area (Å²) in [6, 6.07) is 5.49. The minimum atomic E-state index is -0.434. The lowest BCUT2D eigenvalue weighted by molar-refractivity contribution is -0.146. The Balaban J connectivity index is 0.00000400. The van der Waals surface area contributed by atoms with Crippen molar-refractivity contribution < 1.29 is 18.7 Å². The third-order valence-corrected chi connectivity index (χ3v) is 3.01. The molecular weight excluding hydrogens is 297 g/mol. The topological polar surface area (TPSA) is 38.8 Å². The summed E-state index contributed by atoms with van der Waals surface area (Å²) in [5, 5.41) is 0. The van der Waals surface area contributed by atoms with Crippen LogP contribution in [-0.2, 0) is 9.53 Å². The molecule has 6 heteroatoms. The maximum atomic E-state index is 12.7. The van der Waals surface area contributed by atoms with E-state index >= 15 is 0 Å². The Bertz CT molecular complexity index is 432. The minimum absolute atomic E-state index is 0. The van der Waals surface area contributed by atoms with E-state index in [1.54, 1.807) is 0 Å². The standard InChI is InChI=1S/C15H22FNO3.ClH/c1-15(2,3)17(4)9-10-19-14(18)11-20-13-7-5-12(16)6-8-13;/h5-8H,9-11H2,1-4H3;1H. The van der Waals surface area contributed by atoms with E-state index in [2.05, 4.69) is 25.7 Å². The summed E-state index contributed by atoms with van der Waals surface area (Å²) in [6.45, 7) is 7.07. The average molecular weight is 320 g/mol. The van der Waals surface area contributed by atoms with Crippen molar-refractivity contribution in [3.8, 4) is 5.75 Å². The van der Waals surface area contributed by atoms with Crippen LogP contribution >= 0.6 is 12.4 Å². The molecule has 0 radical (unpaired) electrons. The SMILES string of the molecule is CN(CCOC(=O)COc1ccc(F)cc1)C(C)(C)C.Cl. The molecule has 0 saturated carbocycles. The molecule has 0 aliphatic heterocycles. The molecule has 0 amide bonds. The maximum absolute atomic E-state index is 12.7. The molecule has 0 heterocycles. The Morgan fingerprint density at radius 1 is 1.24 bits per heavy atom. The maximum Gasteiger partial charge on any atom is 0.344 e. The fourth-order valence-electron chi connectivity index (χ4n) is 1.35. The Hall–Kier alpha value is -1.33. The zero-order chi connectivity index (χ0) is 15.2. The number of esters is 1. The van der Waals surface area contributed by atoms with E-state index in [-0.39, 0.29) is 30.4 Å². The number of hydrogen-bond donors (Lipinski definition) is 0. The number of benzene rings is 1. The molecule has 0 N–H and O–H groups in total. The van der Waals surface area contributed by atoms with Gasteiger partial charge in [0.2, 0.25) is 0 Å². The normalized spacial score (nSPS) is 11.0. The number of carbonyl (C=O) groups excluding carboxylic acids is 1. The van der Waals surface area contributed by atoms with Crippen LogP contribution in [-0.4, -0.2) is 43.2 Å². The summed E-state index contributed by atoms with van der Waals surface area (Å²) < 4.78 is 22.9. The van der Waals surface area contributed by atoms with Crippen LogP contribution in [0, 0.1) is 5.82 Å². The van der Waals surface area contributed by atoms with E-state index in [1.807, 2.05) is 7.05 Å². The van der Waals surface area contributed by atoms with E-state index < -0.39 is 5.97 Å². The van der Waals surface area contributed by atoms with Gasteiger partial charge in [0.25, 0.3) is 0 Å². The molecule has 0 aliphatic rings. The second-order valence-electron chi connectivity index (χ2n) is 5.56. The van der Waals surface area contributed by atoms with Gasteiger partial charge < -0.3 is 9.47 Å². The van der Waals surface area contributed by atoms with Crippen LogP contribution in [0.2, 0.25) is 0 Å². The lowest BCUT2D eigenvalue weighted by atomic mass is 10.1. The first-order valence-electron chi connectivity index (χ1n) is 6.54. The third-order valence-electron chi connectivity index (χ3n) is 3.01. The number of carbonyl (C=O) groups is 1. The van der Waals surface area contributed by atoms with Crippen molar-refractivity contribution in [2.75, 3.05) is 26.8 Å². The van der Waals surface area contributed by atoms with E-state index in [4.69, 9.17) is 9.47 Å². The van der Waals surface area contributed by atoms with Crippen LogP contribution < -0.4 is 4.74 Å². The predicted molar refractivity (Wildman–Crippen MR) is 82.5 cm³/mol. The zero-order valence-electron chi connectivity index (χ0n) is 12.9. The van der Waals surface area contributed by atoms with E-state index in [1.165, 1.54) is 24.3 Å². The lowest BCUT2D eigenvalue weighted by Gasteiger charge is -2.31. The fraction of sp³-hybridized carbons (Fsp3) is 0.533. The summed E-state index contributed by atoms with van der Waals surface area (Å²) in [4.78, 5) is 13.6. The Morgan fingerprint density at radius 2 is 1.81 bits per heavy atom. The molecule has 0 bridgehead atoms. The van der Waals surface area contributed by atoms with Crippen LogP contribution in [0.5, 0.6) is 5.75 Å². The molecule has 1 aromatic rings. The smallest absolute Gasteiger partial charge is 0.344 e. The highest BCUT2D eigenvalue weighted by Gasteiger charge is 2.16. The van der Waals surface area contributed by atoms with Crippen molar-refractivity contribution >= 4 is 18.4 Å². The van der Waals surface area contributed by atoms with Gasteiger partial charge in [-0.25, -0.2) is 9.18 Å². The lowest BCUT2D eigenvalue weighted by Crippen LogP contribution is -2.40. The first kappa shape index (κ1) is 19.7. The number of rotatable bonds is 6. The molecule has 0 unspecified atom stereocenters. The zero-order valence-corrected chi connectivity index (χ0v) is 13.7. The van der Waals surface area contributed by atoms with Crippen LogP contribution in [0.25, 0.3) is 0 Å². The first-order chi connectivity index (χ1) is 9.29. The van der Waals surface area contributed by atoms with Crippen LogP contribution in [0.4, 0.5) is 4.39 Å². The number of likely N-dealkylation sites (N-methyl/N-ethyl adjacent to an activating group) is 1. The minimum Gasteiger partial charge on any atom is -0.482 e. The monoisotopic (exact) mass is 319 g/mol. The largest absolute Gasteiger partial charge is 0.482 e. The second kappa shape index (κ2) is 8.85. The molecule has 0 fully saturated rings. The molecule has 0 saturated heterocycles. The van der Waals surface area contributed by atoms with Gasteiger partial charge in [0.15, 0.2) is 6.61 Å².